The molecule has 0 N–H and O–H groups in total. The van der Waals surface area contributed by atoms with E-state index in [1.54, 1.807) is 7.05 Å². The number of pyridine rings is 1. The molecule has 1 aliphatic heterocycles. The summed E-state index contributed by atoms with van der Waals surface area (Å²) in [5, 5.41) is 0.0808. The fourth-order valence-corrected chi connectivity index (χ4v) is 4.86. The minimum Gasteiger partial charge on any atom is -0.354 e. The van der Waals surface area contributed by atoms with Gasteiger partial charge in [0.1, 0.15) is 0 Å². The van der Waals surface area contributed by atoms with Crippen LogP contribution < -0.4 is 4.90 Å². The Morgan fingerprint density at radius 3 is 2.50 bits per heavy atom. The topological polar surface area (TPSA) is 53.5 Å². The van der Waals surface area contributed by atoms with Crippen molar-refractivity contribution in [1.82, 2.24) is 9.29 Å². The van der Waals surface area contributed by atoms with E-state index < -0.39 is 15.8 Å². The Kier molecular flexibility index (Phi) is 4.31. The van der Waals surface area contributed by atoms with Crippen LogP contribution in [0.4, 0.5) is 10.2 Å². The second kappa shape index (κ2) is 5.94. The maximum Gasteiger partial charge on any atom is 0.216 e. The molecule has 2 heterocycles. The molecule has 1 saturated heterocycles. The minimum atomic E-state index is -3.15. The molecular weight excluding hydrogens is 329 g/mol. The van der Waals surface area contributed by atoms with Gasteiger partial charge in [-0.1, -0.05) is 11.6 Å². The molecule has 0 amide bonds. The van der Waals surface area contributed by atoms with Crippen molar-refractivity contribution in [1.29, 1.82) is 0 Å². The van der Waals surface area contributed by atoms with Gasteiger partial charge in [0, 0.05) is 32.4 Å². The normalized spacial score (nSPS) is 20.6. The Bertz CT molecular complexity index is 658. The molecule has 0 bridgehead atoms. The van der Waals surface area contributed by atoms with E-state index in [1.165, 1.54) is 16.6 Å². The number of piperidine rings is 1. The van der Waals surface area contributed by atoms with Gasteiger partial charge in [0.05, 0.1) is 10.3 Å². The van der Waals surface area contributed by atoms with E-state index in [0.29, 0.717) is 25.9 Å². The zero-order chi connectivity index (χ0) is 15.9. The average Bonchev–Trinajstić information content (AvgIpc) is 3.32. The van der Waals surface area contributed by atoms with Crippen molar-refractivity contribution in [3.63, 3.8) is 0 Å². The fourth-order valence-electron chi connectivity index (χ4n) is 2.89. The van der Waals surface area contributed by atoms with Crippen molar-refractivity contribution < 1.29 is 12.8 Å². The predicted molar refractivity (Wildman–Crippen MR) is 84.1 cm³/mol. The summed E-state index contributed by atoms with van der Waals surface area (Å²) >= 11 is 5.71. The van der Waals surface area contributed by atoms with Crippen LogP contribution >= 0.6 is 11.6 Å². The van der Waals surface area contributed by atoms with Gasteiger partial charge >= 0.3 is 0 Å². The third-order valence-corrected chi connectivity index (χ3v) is 7.04. The summed E-state index contributed by atoms with van der Waals surface area (Å²) in [7, 11) is -1.49. The van der Waals surface area contributed by atoms with Crippen molar-refractivity contribution >= 4 is 27.4 Å². The van der Waals surface area contributed by atoms with Gasteiger partial charge in [-0.2, -0.15) is 0 Å². The number of hydrogen-bond donors (Lipinski definition) is 0. The summed E-state index contributed by atoms with van der Waals surface area (Å²) in [5.41, 5.74) is 0. The second-order valence-corrected chi connectivity index (χ2v) is 8.65. The predicted octanol–water partition coefficient (Wildman–Crippen LogP) is 2.27. The van der Waals surface area contributed by atoms with Gasteiger partial charge in [0.2, 0.25) is 10.0 Å². The lowest BCUT2D eigenvalue weighted by atomic mass is 10.1. The molecule has 1 aromatic rings. The first-order chi connectivity index (χ1) is 10.4. The molecule has 5 nitrogen and oxygen atoms in total. The van der Waals surface area contributed by atoms with Crippen LogP contribution in [0.3, 0.4) is 0 Å². The smallest absolute Gasteiger partial charge is 0.216 e. The maximum absolute atomic E-state index is 13.9. The molecule has 122 valence electrons. The first-order valence-electron chi connectivity index (χ1n) is 7.42. The van der Waals surface area contributed by atoms with Crippen LogP contribution in [-0.4, -0.2) is 49.1 Å². The molecule has 22 heavy (non-hydrogen) atoms. The summed E-state index contributed by atoms with van der Waals surface area (Å²) in [6.07, 6.45) is 4.31. The van der Waals surface area contributed by atoms with E-state index in [-0.39, 0.29) is 22.1 Å². The van der Waals surface area contributed by atoms with Crippen LogP contribution in [0.5, 0.6) is 0 Å². The van der Waals surface area contributed by atoms with Gasteiger partial charge in [-0.3, -0.25) is 0 Å². The highest BCUT2D eigenvalue weighted by Crippen LogP contribution is 2.33. The monoisotopic (exact) mass is 347 g/mol. The van der Waals surface area contributed by atoms with Crippen LogP contribution in [0.2, 0.25) is 5.02 Å². The highest BCUT2D eigenvalue weighted by molar-refractivity contribution is 7.90. The summed E-state index contributed by atoms with van der Waals surface area (Å²) in [6.45, 7) is 1.17. The molecule has 0 atom stereocenters. The van der Waals surface area contributed by atoms with E-state index in [0.717, 1.165) is 12.8 Å². The van der Waals surface area contributed by atoms with E-state index in [1.807, 2.05) is 4.90 Å². The Morgan fingerprint density at radius 1 is 1.32 bits per heavy atom. The molecule has 0 spiro atoms. The number of aromatic nitrogens is 1. The number of nitrogens with zero attached hydrogens (tertiary/aromatic N) is 3. The van der Waals surface area contributed by atoms with Gasteiger partial charge in [0.15, 0.2) is 11.6 Å². The molecule has 1 saturated carbocycles. The van der Waals surface area contributed by atoms with Crippen LogP contribution in [-0.2, 0) is 10.0 Å². The number of sulfonamides is 1. The zero-order valence-corrected chi connectivity index (χ0v) is 13.9. The van der Waals surface area contributed by atoms with Crippen LogP contribution in [0.25, 0.3) is 0 Å². The third-order valence-electron chi connectivity index (χ3n) is 4.41. The molecular formula is C14H19ClFN3O2S. The quantitative estimate of drug-likeness (QED) is 0.838. The Balaban J connectivity index is 1.65. The maximum atomic E-state index is 13.9. The van der Waals surface area contributed by atoms with Crippen molar-refractivity contribution in [2.24, 2.45) is 0 Å². The van der Waals surface area contributed by atoms with Gasteiger partial charge in [-0.25, -0.2) is 22.1 Å². The van der Waals surface area contributed by atoms with Crippen LogP contribution in [0.15, 0.2) is 12.3 Å². The standard InChI is InChI=1S/C14H19ClFN3O2S/c1-18(22(20,21)12-2-3-12)11-4-6-19(7-5-11)14-13(16)8-10(15)9-17-14/h8-9,11-12H,2-7H2,1H3. The molecule has 0 unspecified atom stereocenters. The SMILES string of the molecule is CN(C1CCN(c2ncc(Cl)cc2F)CC1)S(=O)(=O)C1CC1. The van der Waals surface area contributed by atoms with E-state index >= 15 is 0 Å². The Morgan fingerprint density at radius 2 is 1.95 bits per heavy atom. The Hall–Kier alpha value is -0.920. The zero-order valence-electron chi connectivity index (χ0n) is 12.4. The average molecular weight is 348 g/mol. The summed E-state index contributed by atoms with van der Waals surface area (Å²) in [5.74, 6) is -0.152. The van der Waals surface area contributed by atoms with E-state index in [4.69, 9.17) is 11.6 Å². The van der Waals surface area contributed by atoms with Gasteiger partial charge < -0.3 is 4.90 Å². The van der Waals surface area contributed by atoms with Crippen LogP contribution in [0, 0.1) is 5.82 Å². The van der Waals surface area contributed by atoms with Crippen molar-refractivity contribution in [2.45, 2.75) is 37.0 Å². The molecule has 2 aliphatic rings. The molecule has 1 aromatic heterocycles. The second-order valence-electron chi connectivity index (χ2n) is 5.94. The summed E-state index contributed by atoms with van der Waals surface area (Å²) in [6, 6.07) is 1.23. The highest BCUT2D eigenvalue weighted by Gasteiger charge is 2.41. The lowest BCUT2D eigenvalue weighted by molar-refractivity contribution is 0.310. The van der Waals surface area contributed by atoms with Crippen LogP contribution in [0.1, 0.15) is 25.7 Å². The van der Waals surface area contributed by atoms with E-state index in [2.05, 4.69) is 4.98 Å². The van der Waals surface area contributed by atoms with Crippen molar-refractivity contribution in [2.75, 3.05) is 25.0 Å². The van der Waals surface area contributed by atoms with E-state index in [9.17, 15) is 12.8 Å². The first-order valence-corrected chi connectivity index (χ1v) is 9.30. The lowest BCUT2D eigenvalue weighted by Crippen LogP contribution is -2.46. The molecule has 1 aliphatic carbocycles. The van der Waals surface area contributed by atoms with Crippen molar-refractivity contribution in [3.8, 4) is 0 Å². The molecule has 8 heteroatoms. The number of rotatable bonds is 4. The number of hydrogen-bond acceptors (Lipinski definition) is 4. The summed E-state index contributed by atoms with van der Waals surface area (Å²) < 4.78 is 39.9. The van der Waals surface area contributed by atoms with Gasteiger partial charge in [0.25, 0.3) is 0 Å². The third kappa shape index (κ3) is 3.07. The molecule has 2 fully saturated rings. The largest absolute Gasteiger partial charge is 0.354 e. The van der Waals surface area contributed by atoms with Crippen molar-refractivity contribution in [3.05, 3.63) is 23.1 Å². The first kappa shape index (κ1) is 16.0. The highest BCUT2D eigenvalue weighted by atomic mass is 35.5. The number of halogens is 2. The van der Waals surface area contributed by atoms with Gasteiger partial charge in [-0.15, -0.1) is 0 Å². The van der Waals surface area contributed by atoms with Gasteiger partial charge in [-0.05, 0) is 31.7 Å². The molecule has 3 rings (SSSR count). The lowest BCUT2D eigenvalue weighted by Gasteiger charge is -2.36. The molecule has 0 radical (unpaired) electrons. The molecule has 0 aromatic carbocycles. The summed E-state index contributed by atoms with van der Waals surface area (Å²) in [4.78, 5) is 5.89. The minimum absolute atomic E-state index is 0.0165. The fraction of sp³-hybridized carbons (Fsp3) is 0.643. The Labute approximate surface area is 135 Å². The number of anilines is 1.